The number of hydrogen-bond acceptors (Lipinski definition) is 1. The first-order chi connectivity index (χ1) is 8.18. The Morgan fingerprint density at radius 3 is 2.18 bits per heavy atom. The van der Waals surface area contributed by atoms with Crippen LogP contribution < -0.4 is 5.73 Å². The molecule has 2 unspecified atom stereocenters. The average Bonchev–Trinajstić information content (AvgIpc) is 2.40. The average molecular weight is 237 g/mol. The van der Waals surface area contributed by atoms with Gasteiger partial charge < -0.3 is 5.73 Å². The lowest BCUT2D eigenvalue weighted by molar-refractivity contribution is 0.106. The molecule has 2 saturated carbocycles. The van der Waals surface area contributed by atoms with Crippen LogP contribution in [0.1, 0.15) is 78.1 Å². The smallest absolute Gasteiger partial charge is 0.0183 e. The molecule has 2 N–H and O–H groups in total. The molecular weight excluding hydrogens is 206 g/mol. The summed E-state index contributed by atoms with van der Waals surface area (Å²) in [6, 6.07) is 0. The molecule has 0 bridgehead atoms. The summed E-state index contributed by atoms with van der Waals surface area (Å²) in [5, 5.41) is 0. The molecule has 1 nitrogen and oxygen atoms in total. The third-order valence-electron chi connectivity index (χ3n) is 5.79. The van der Waals surface area contributed by atoms with Gasteiger partial charge in [-0.05, 0) is 56.3 Å². The molecule has 0 saturated heterocycles. The van der Waals surface area contributed by atoms with Gasteiger partial charge in [0.25, 0.3) is 0 Å². The van der Waals surface area contributed by atoms with Crippen LogP contribution in [0.25, 0.3) is 0 Å². The Labute approximate surface area is 108 Å². The molecule has 2 aliphatic rings. The van der Waals surface area contributed by atoms with Crippen LogP contribution in [0.3, 0.4) is 0 Å². The molecule has 0 aliphatic heterocycles. The van der Waals surface area contributed by atoms with Crippen LogP contribution in [0.2, 0.25) is 0 Å². The molecular formula is C16H31N. The highest BCUT2D eigenvalue weighted by Gasteiger charge is 2.39. The van der Waals surface area contributed by atoms with E-state index in [4.69, 9.17) is 5.73 Å². The minimum atomic E-state index is 0.208. The van der Waals surface area contributed by atoms with E-state index in [2.05, 4.69) is 13.8 Å². The van der Waals surface area contributed by atoms with E-state index >= 15 is 0 Å². The molecule has 2 rings (SSSR count). The Hall–Kier alpha value is -0.0400. The van der Waals surface area contributed by atoms with Gasteiger partial charge in [-0.25, -0.2) is 0 Å². The summed E-state index contributed by atoms with van der Waals surface area (Å²) in [6.45, 7) is 4.69. The van der Waals surface area contributed by atoms with E-state index in [0.29, 0.717) is 0 Å². The van der Waals surface area contributed by atoms with E-state index in [-0.39, 0.29) is 5.54 Å². The van der Waals surface area contributed by atoms with E-state index < -0.39 is 0 Å². The standard InChI is InChI=1S/C16H31N/c1-3-13-8-10-16(17,11-9-13)15-7-5-6-14(4-2)12-15/h13-15H,3-12,17H2,1-2H3. The zero-order valence-corrected chi connectivity index (χ0v) is 11.9. The van der Waals surface area contributed by atoms with E-state index in [9.17, 15) is 0 Å². The summed E-state index contributed by atoms with van der Waals surface area (Å²) < 4.78 is 0. The highest BCUT2D eigenvalue weighted by molar-refractivity contribution is 4.97. The fourth-order valence-corrected chi connectivity index (χ4v) is 4.22. The van der Waals surface area contributed by atoms with Gasteiger partial charge in [0.2, 0.25) is 0 Å². The molecule has 2 aliphatic carbocycles. The van der Waals surface area contributed by atoms with Crippen molar-refractivity contribution >= 4 is 0 Å². The molecule has 0 radical (unpaired) electrons. The van der Waals surface area contributed by atoms with Gasteiger partial charge in [0, 0.05) is 5.54 Å². The van der Waals surface area contributed by atoms with Gasteiger partial charge in [0.1, 0.15) is 0 Å². The van der Waals surface area contributed by atoms with Gasteiger partial charge in [-0.15, -0.1) is 0 Å². The Balaban J connectivity index is 1.92. The molecule has 2 fully saturated rings. The minimum Gasteiger partial charge on any atom is -0.325 e. The van der Waals surface area contributed by atoms with Gasteiger partial charge in [-0.3, -0.25) is 0 Å². The number of rotatable bonds is 3. The van der Waals surface area contributed by atoms with Crippen LogP contribution >= 0.6 is 0 Å². The molecule has 0 aromatic heterocycles. The second kappa shape index (κ2) is 5.73. The van der Waals surface area contributed by atoms with Crippen LogP contribution in [-0.4, -0.2) is 5.54 Å². The van der Waals surface area contributed by atoms with Crippen LogP contribution in [0.4, 0.5) is 0 Å². The van der Waals surface area contributed by atoms with Crippen molar-refractivity contribution < 1.29 is 0 Å². The molecule has 0 aromatic rings. The van der Waals surface area contributed by atoms with Crippen molar-refractivity contribution in [1.29, 1.82) is 0 Å². The van der Waals surface area contributed by atoms with Crippen molar-refractivity contribution in [3.05, 3.63) is 0 Å². The fourth-order valence-electron chi connectivity index (χ4n) is 4.22. The second-order valence-corrected chi connectivity index (χ2v) is 6.72. The predicted octanol–water partition coefficient (Wildman–Crippen LogP) is 4.50. The zero-order chi connectivity index (χ0) is 12.3. The number of hydrogen-bond donors (Lipinski definition) is 1. The summed E-state index contributed by atoms with van der Waals surface area (Å²) in [5.74, 6) is 2.77. The maximum absolute atomic E-state index is 6.77. The lowest BCUT2D eigenvalue weighted by Gasteiger charge is -2.46. The van der Waals surface area contributed by atoms with Gasteiger partial charge >= 0.3 is 0 Å². The topological polar surface area (TPSA) is 26.0 Å². The molecule has 0 aromatic carbocycles. The quantitative estimate of drug-likeness (QED) is 0.768. The Morgan fingerprint density at radius 2 is 1.59 bits per heavy atom. The van der Waals surface area contributed by atoms with Crippen molar-refractivity contribution in [3.63, 3.8) is 0 Å². The Bertz CT molecular complexity index is 228. The molecule has 0 spiro atoms. The Kier molecular flexibility index (Phi) is 4.52. The third-order valence-corrected chi connectivity index (χ3v) is 5.79. The lowest BCUT2D eigenvalue weighted by Crippen LogP contribution is -2.51. The SMILES string of the molecule is CCC1CCC(N)(C2CCCC(CC)C2)CC1. The number of nitrogens with two attached hydrogens (primary N) is 1. The first-order valence-corrected chi connectivity index (χ1v) is 7.96. The molecule has 0 amide bonds. The van der Waals surface area contributed by atoms with Crippen LogP contribution in [0.15, 0.2) is 0 Å². The summed E-state index contributed by atoms with van der Waals surface area (Å²) in [5.41, 5.74) is 6.98. The molecule has 100 valence electrons. The fraction of sp³-hybridized carbons (Fsp3) is 1.00. The van der Waals surface area contributed by atoms with Crippen LogP contribution in [0, 0.1) is 17.8 Å². The van der Waals surface area contributed by atoms with E-state index in [0.717, 1.165) is 17.8 Å². The van der Waals surface area contributed by atoms with Crippen molar-refractivity contribution in [2.45, 2.75) is 83.6 Å². The zero-order valence-electron chi connectivity index (χ0n) is 11.9. The molecule has 1 heteroatoms. The van der Waals surface area contributed by atoms with E-state index in [1.54, 1.807) is 0 Å². The summed E-state index contributed by atoms with van der Waals surface area (Å²) >= 11 is 0. The maximum Gasteiger partial charge on any atom is 0.0183 e. The largest absolute Gasteiger partial charge is 0.325 e. The maximum atomic E-state index is 6.77. The lowest BCUT2D eigenvalue weighted by atomic mass is 9.64. The minimum absolute atomic E-state index is 0.208. The van der Waals surface area contributed by atoms with Crippen molar-refractivity contribution in [1.82, 2.24) is 0 Å². The van der Waals surface area contributed by atoms with Crippen molar-refractivity contribution in [2.24, 2.45) is 23.5 Å². The van der Waals surface area contributed by atoms with Gasteiger partial charge in [-0.1, -0.05) is 39.5 Å². The van der Waals surface area contributed by atoms with Crippen molar-refractivity contribution in [3.8, 4) is 0 Å². The molecule has 17 heavy (non-hydrogen) atoms. The van der Waals surface area contributed by atoms with Crippen LogP contribution in [0.5, 0.6) is 0 Å². The summed E-state index contributed by atoms with van der Waals surface area (Å²) in [4.78, 5) is 0. The van der Waals surface area contributed by atoms with E-state index in [1.165, 1.54) is 64.2 Å². The first-order valence-electron chi connectivity index (χ1n) is 7.96. The van der Waals surface area contributed by atoms with E-state index in [1.807, 2.05) is 0 Å². The van der Waals surface area contributed by atoms with Gasteiger partial charge in [-0.2, -0.15) is 0 Å². The van der Waals surface area contributed by atoms with Gasteiger partial charge in [0.05, 0.1) is 0 Å². The predicted molar refractivity (Wildman–Crippen MR) is 74.9 cm³/mol. The highest BCUT2D eigenvalue weighted by Crippen LogP contribution is 2.44. The second-order valence-electron chi connectivity index (χ2n) is 6.72. The summed E-state index contributed by atoms with van der Waals surface area (Å²) in [7, 11) is 0. The monoisotopic (exact) mass is 237 g/mol. The first kappa shape index (κ1) is 13.4. The summed E-state index contributed by atoms with van der Waals surface area (Å²) in [6.07, 6.45) is 13.8. The van der Waals surface area contributed by atoms with Crippen molar-refractivity contribution in [2.75, 3.05) is 0 Å². The third kappa shape index (κ3) is 3.05. The molecule has 2 atom stereocenters. The van der Waals surface area contributed by atoms with Gasteiger partial charge in [0.15, 0.2) is 0 Å². The molecule has 0 heterocycles. The highest BCUT2D eigenvalue weighted by atomic mass is 14.8. The van der Waals surface area contributed by atoms with Crippen LogP contribution in [-0.2, 0) is 0 Å². The Morgan fingerprint density at radius 1 is 0.941 bits per heavy atom. The normalized spacial score (nSPS) is 43.6.